The van der Waals surface area contributed by atoms with Crippen molar-refractivity contribution in [1.29, 1.82) is 0 Å². The molecule has 0 aliphatic carbocycles. The summed E-state index contributed by atoms with van der Waals surface area (Å²) in [6.45, 7) is 2.21. The largest absolute Gasteiger partial charge is 0.353 e. The molecule has 14 heavy (non-hydrogen) atoms. The van der Waals surface area contributed by atoms with Crippen molar-refractivity contribution in [2.75, 3.05) is 32.1 Å². The molecule has 1 aliphatic rings. The van der Waals surface area contributed by atoms with Crippen LogP contribution in [0.25, 0.3) is 0 Å². The van der Waals surface area contributed by atoms with Crippen LogP contribution in [0.2, 0.25) is 0 Å². The SMILES string of the molecule is CN(C)c1nnc(C2CCCNC2)s1. The molecule has 1 unspecified atom stereocenters. The van der Waals surface area contributed by atoms with Crippen LogP contribution in [0, 0.1) is 0 Å². The molecule has 2 rings (SSSR count). The maximum absolute atomic E-state index is 4.25. The normalized spacial score (nSPS) is 22.3. The third-order valence-electron chi connectivity index (χ3n) is 2.46. The van der Waals surface area contributed by atoms with Crippen LogP contribution in [0.5, 0.6) is 0 Å². The van der Waals surface area contributed by atoms with E-state index in [2.05, 4.69) is 15.5 Å². The number of hydrogen-bond donors (Lipinski definition) is 1. The molecule has 0 saturated carbocycles. The molecule has 1 saturated heterocycles. The van der Waals surface area contributed by atoms with Gasteiger partial charge >= 0.3 is 0 Å². The Morgan fingerprint density at radius 3 is 2.86 bits per heavy atom. The van der Waals surface area contributed by atoms with Crippen LogP contribution in [0.15, 0.2) is 0 Å². The number of nitrogens with one attached hydrogen (secondary N) is 1. The Kier molecular flexibility index (Phi) is 2.98. The van der Waals surface area contributed by atoms with Gasteiger partial charge in [-0.2, -0.15) is 0 Å². The van der Waals surface area contributed by atoms with Crippen LogP contribution >= 0.6 is 11.3 Å². The van der Waals surface area contributed by atoms with Crippen LogP contribution in [0.1, 0.15) is 23.8 Å². The quantitative estimate of drug-likeness (QED) is 0.796. The van der Waals surface area contributed by atoms with E-state index in [1.807, 2.05) is 19.0 Å². The van der Waals surface area contributed by atoms with Crippen molar-refractivity contribution < 1.29 is 0 Å². The van der Waals surface area contributed by atoms with Gasteiger partial charge in [0.25, 0.3) is 0 Å². The second-order valence-corrected chi connectivity index (χ2v) is 4.85. The van der Waals surface area contributed by atoms with Crippen LogP contribution in [-0.4, -0.2) is 37.4 Å². The summed E-state index contributed by atoms with van der Waals surface area (Å²) in [5.74, 6) is 0.579. The van der Waals surface area contributed by atoms with Gasteiger partial charge in [0.2, 0.25) is 5.13 Å². The van der Waals surface area contributed by atoms with Gasteiger partial charge in [0.15, 0.2) is 0 Å². The third kappa shape index (κ3) is 2.04. The van der Waals surface area contributed by atoms with Crippen LogP contribution < -0.4 is 10.2 Å². The van der Waals surface area contributed by atoms with Crippen LogP contribution in [0.4, 0.5) is 5.13 Å². The zero-order chi connectivity index (χ0) is 9.97. The molecule has 1 N–H and O–H groups in total. The highest BCUT2D eigenvalue weighted by molar-refractivity contribution is 7.15. The molecule has 0 radical (unpaired) electrons. The molecule has 0 spiro atoms. The summed E-state index contributed by atoms with van der Waals surface area (Å²) < 4.78 is 0. The van der Waals surface area contributed by atoms with Gasteiger partial charge in [0.05, 0.1) is 0 Å². The van der Waals surface area contributed by atoms with E-state index in [0.717, 1.165) is 18.2 Å². The molecular weight excluding hydrogens is 196 g/mol. The third-order valence-corrected chi connectivity index (χ3v) is 3.71. The Labute approximate surface area is 88.3 Å². The number of nitrogens with zero attached hydrogens (tertiary/aromatic N) is 3. The number of piperidine rings is 1. The maximum Gasteiger partial charge on any atom is 0.207 e. The number of aromatic nitrogens is 2. The first-order chi connectivity index (χ1) is 6.77. The second-order valence-electron chi connectivity index (χ2n) is 3.86. The molecule has 2 heterocycles. The molecule has 1 atom stereocenters. The molecule has 0 amide bonds. The van der Waals surface area contributed by atoms with E-state index in [0.29, 0.717) is 5.92 Å². The fraction of sp³-hybridized carbons (Fsp3) is 0.778. The van der Waals surface area contributed by atoms with E-state index in [1.54, 1.807) is 11.3 Å². The predicted octanol–water partition coefficient (Wildman–Crippen LogP) is 1.07. The Balaban J connectivity index is 2.07. The summed E-state index contributed by atoms with van der Waals surface area (Å²) in [5.41, 5.74) is 0. The minimum absolute atomic E-state index is 0.579. The number of anilines is 1. The first kappa shape index (κ1) is 9.86. The van der Waals surface area contributed by atoms with E-state index in [4.69, 9.17) is 0 Å². The van der Waals surface area contributed by atoms with E-state index in [1.165, 1.54) is 17.8 Å². The Morgan fingerprint density at radius 2 is 2.29 bits per heavy atom. The lowest BCUT2D eigenvalue weighted by atomic mass is 10.0. The summed E-state index contributed by atoms with van der Waals surface area (Å²) in [5, 5.41) is 14.0. The van der Waals surface area contributed by atoms with Gasteiger partial charge in [-0.05, 0) is 19.4 Å². The van der Waals surface area contributed by atoms with Gasteiger partial charge < -0.3 is 10.2 Å². The molecular formula is C9H16N4S. The smallest absolute Gasteiger partial charge is 0.207 e. The zero-order valence-electron chi connectivity index (χ0n) is 8.66. The lowest BCUT2D eigenvalue weighted by Crippen LogP contribution is -2.28. The molecule has 1 fully saturated rings. The Bertz CT molecular complexity index is 291. The van der Waals surface area contributed by atoms with Crippen molar-refractivity contribution in [1.82, 2.24) is 15.5 Å². The first-order valence-electron chi connectivity index (χ1n) is 4.99. The molecule has 4 nitrogen and oxygen atoms in total. The predicted molar refractivity (Wildman–Crippen MR) is 59.1 cm³/mol. The standard InChI is InChI=1S/C9H16N4S/c1-13(2)9-12-11-8(14-9)7-4-3-5-10-6-7/h7,10H,3-6H2,1-2H3. The fourth-order valence-corrected chi connectivity index (χ4v) is 2.54. The van der Waals surface area contributed by atoms with Crippen molar-refractivity contribution in [2.45, 2.75) is 18.8 Å². The molecule has 1 aromatic rings. The molecule has 0 bridgehead atoms. The highest BCUT2D eigenvalue weighted by Crippen LogP contribution is 2.28. The van der Waals surface area contributed by atoms with Gasteiger partial charge in [0, 0.05) is 26.6 Å². The monoisotopic (exact) mass is 212 g/mol. The second kappa shape index (κ2) is 4.23. The molecule has 78 valence electrons. The zero-order valence-corrected chi connectivity index (χ0v) is 9.47. The van der Waals surface area contributed by atoms with E-state index in [-0.39, 0.29) is 0 Å². The van der Waals surface area contributed by atoms with E-state index >= 15 is 0 Å². The van der Waals surface area contributed by atoms with E-state index in [9.17, 15) is 0 Å². The summed E-state index contributed by atoms with van der Waals surface area (Å²) in [7, 11) is 4.01. The average molecular weight is 212 g/mol. The highest BCUT2D eigenvalue weighted by atomic mass is 32.1. The molecule has 1 aliphatic heterocycles. The lowest BCUT2D eigenvalue weighted by Gasteiger charge is -2.19. The van der Waals surface area contributed by atoms with Gasteiger partial charge in [-0.15, -0.1) is 10.2 Å². The lowest BCUT2D eigenvalue weighted by molar-refractivity contribution is 0.458. The Hall–Kier alpha value is -0.680. The first-order valence-corrected chi connectivity index (χ1v) is 5.80. The average Bonchev–Trinajstić information content (AvgIpc) is 2.68. The van der Waals surface area contributed by atoms with Gasteiger partial charge in [-0.3, -0.25) is 0 Å². The minimum Gasteiger partial charge on any atom is -0.353 e. The molecule has 1 aromatic heterocycles. The van der Waals surface area contributed by atoms with Crippen molar-refractivity contribution >= 4 is 16.5 Å². The van der Waals surface area contributed by atoms with E-state index < -0.39 is 0 Å². The molecule has 0 aromatic carbocycles. The summed E-state index contributed by atoms with van der Waals surface area (Å²) in [6.07, 6.45) is 2.50. The van der Waals surface area contributed by atoms with Crippen molar-refractivity contribution in [3.8, 4) is 0 Å². The van der Waals surface area contributed by atoms with Crippen molar-refractivity contribution in [2.24, 2.45) is 0 Å². The van der Waals surface area contributed by atoms with Gasteiger partial charge in [-0.1, -0.05) is 11.3 Å². The van der Waals surface area contributed by atoms with Gasteiger partial charge in [-0.25, -0.2) is 0 Å². The minimum atomic E-state index is 0.579. The van der Waals surface area contributed by atoms with Crippen molar-refractivity contribution in [3.63, 3.8) is 0 Å². The Morgan fingerprint density at radius 1 is 1.43 bits per heavy atom. The maximum atomic E-state index is 4.25. The fourth-order valence-electron chi connectivity index (χ4n) is 1.63. The highest BCUT2D eigenvalue weighted by Gasteiger charge is 2.19. The summed E-state index contributed by atoms with van der Waals surface area (Å²) in [6, 6.07) is 0. The summed E-state index contributed by atoms with van der Waals surface area (Å²) in [4.78, 5) is 2.01. The summed E-state index contributed by atoms with van der Waals surface area (Å²) >= 11 is 1.71. The number of rotatable bonds is 2. The van der Waals surface area contributed by atoms with Gasteiger partial charge in [0.1, 0.15) is 5.01 Å². The van der Waals surface area contributed by atoms with Crippen LogP contribution in [0.3, 0.4) is 0 Å². The number of hydrogen-bond acceptors (Lipinski definition) is 5. The molecule has 5 heteroatoms. The topological polar surface area (TPSA) is 41.1 Å². The van der Waals surface area contributed by atoms with Crippen molar-refractivity contribution in [3.05, 3.63) is 5.01 Å². The van der Waals surface area contributed by atoms with Crippen LogP contribution in [-0.2, 0) is 0 Å².